The highest BCUT2D eigenvalue weighted by molar-refractivity contribution is 5.37. The Hall–Kier alpha value is -1.87. The zero-order valence-electron chi connectivity index (χ0n) is 11.8. The standard InChI is InChI=1S/C17H20FNO/c1-12(2)20-17-9-4-3-8-15(17)16(19)11-13-6-5-7-14(18)10-13/h3-10,12,16H,11,19H2,1-2H3. The molecule has 2 nitrogen and oxygen atoms in total. The van der Waals surface area contributed by atoms with E-state index in [1.807, 2.05) is 44.2 Å². The van der Waals surface area contributed by atoms with Crippen molar-refractivity contribution in [3.8, 4) is 5.75 Å². The fraction of sp³-hybridized carbons (Fsp3) is 0.294. The molecule has 0 aliphatic heterocycles. The zero-order valence-corrected chi connectivity index (χ0v) is 11.8. The third kappa shape index (κ3) is 3.81. The molecule has 0 amide bonds. The summed E-state index contributed by atoms with van der Waals surface area (Å²) in [4.78, 5) is 0. The molecule has 0 saturated heterocycles. The highest BCUT2D eigenvalue weighted by atomic mass is 19.1. The van der Waals surface area contributed by atoms with Gasteiger partial charge < -0.3 is 10.5 Å². The number of hydrogen-bond donors (Lipinski definition) is 1. The zero-order chi connectivity index (χ0) is 14.5. The SMILES string of the molecule is CC(C)Oc1ccccc1C(N)Cc1cccc(F)c1. The van der Waals surface area contributed by atoms with Crippen LogP contribution in [0.4, 0.5) is 4.39 Å². The fourth-order valence-electron chi connectivity index (χ4n) is 2.18. The first-order valence-corrected chi connectivity index (χ1v) is 6.82. The molecule has 20 heavy (non-hydrogen) atoms. The molecule has 0 fully saturated rings. The van der Waals surface area contributed by atoms with E-state index in [4.69, 9.17) is 10.5 Å². The molecule has 2 aromatic rings. The van der Waals surface area contributed by atoms with Gasteiger partial charge in [-0.3, -0.25) is 0 Å². The van der Waals surface area contributed by atoms with Gasteiger partial charge in [0.05, 0.1) is 6.10 Å². The average Bonchev–Trinajstić information content (AvgIpc) is 2.38. The first-order chi connectivity index (χ1) is 9.56. The fourth-order valence-corrected chi connectivity index (χ4v) is 2.18. The minimum atomic E-state index is -0.235. The summed E-state index contributed by atoms with van der Waals surface area (Å²) in [6, 6.07) is 14.1. The molecule has 0 bridgehead atoms. The van der Waals surface area contributed by atoms with Crippen LogP contribution in [0.15, 0.2) is 48.5 Å². The van der Waals surface area contributed by atoms with E-state index in [1.54, 1.807) is 6.07 Å². The molecule has 0 radical (unpaired) electrons. The monoisotopic (exact) mass is 273 g/mol. The van der Waals surface area contributed by atoms with Crippen molar-refractivity contribution >= 4 is 0 Å². The average molecular weight is 273 g/mol. The van der Waals surface area contributed by atoms with Crippen molar-refractivity contribution in [1.82, 2.24) is 0 Å². The molecule has 2 rings (SSSR count). The normalized spacial score (nSPS) is 12.4. The van der Waals surface area contributed by atoms with Crippen molar-refractivity contribution in [3.63, 3.8) is 0 Å². The molecule has 0 saturated carbocycles. The quantitative estimate of drug-likeness (QED) is 0.898. The largest absolute Gasteiger partial charge is 0.491 e. The second kappa shape index (κ2) is 6.53. The summed E-state index contributed by atoms with van der Waals surface area (Å²) >= 11 is 0. The number of rotatable bonds is 5. The van der Waals surface area contributed by atoms with Crippen molar-refractivity contribution in [2.75, 3.05) is 0 Å². The highest BCUT2D eigenvalue weighted by Crippen LogP contribution is 2.27. The van der Waals surface area contributed by atoms with E-state index in [-0.39, 0.29) is 18.0 Å². The van der Waals surface area contributed by atoms with E-state index >= 15 is 0 Å². The van der Waals surface area contributed by atoms with Gasteiger partial charge in [0.25, 0.3) is 0 Å². The van der Waals surface area contributed by atoms with E-state index in [0.29, 0.717) is 6.42 Å². The Morgan fingerprint density at radius 3 is 2.55 bits per heavy atom. The van der Waals surface area contributed by atoms with Crippen LogP contribution >= 0.6 is 0 Å². The Morgan fingerprint density at radius 2 is 1.85 bits per heavy atom. The van der Waals surface area contributed by atoms with Gasteiger partial charge in [-0.05, 0) is 44.0 Å². The smallest absolute Gasteiger partial charge is 0.124 e. The Balaban J connectivity index is 2.18. The molecule has 0 aliphatic carbocycles. The molecule has 106 valence electrons. The molecule has 1 atom stereocenters. The van der Waals surface area contributed by atoms with Gasteiger partial charge in [-0.25, -0.2) is 4.39 Å². The van der Waals surface area contributed by atoms with Gasteiger partial charge in [-0.15, -0.1) is 0 Å². The molecule has 2 aromatic carbocycles. The summed E-state index contributed by atoms with van der Waals surface area (Å²) in [6.07, 6.45) is 0.675. The Labute approximate surface area is 119 Å². The third-order valence-corrected chi connectivity index (χ3v) is 3.03. The van der Waals surface area contributed by atoms with Crippen molar-refractivity contribution in [1.29, 1.82) is 0 Å². The van der Waals surface area contributed by atoms with Crippen LogP contribution in [0.5, 0.6) is 5.75 Å². The lowest BCUT2D eigenvalue weighted by atomic mass is 9.99. The summed E-state index contributed by atoms with van der Waals surface area (Å²) in [6.45, 7) is 3.96. The molecular weight excluding hydrogens is 253 g/mol. The van der Waals surface area contributed by atoms with Crippen LogP contribution in [0.25, 0.3) is 0 Å². The number of nitrogens with two attached hydrogens (primary N) is 1. The summed E-state index contributed by atoms with van der Waals surface area (Å²) < 4.78 is 19.0. The van der Waals surface area contributed by atoms with Crippen molar-refractivity contribution in [2.24, 2.45) is 5.73 Å². The second-order valence-electron chi connectivity index (χ2n) is 5.14. The van der Waals surface area contributed by atoms with Gasteiger partial charge in [0, 0.05) is 11.6 Å². The van der Waals surface area contributed by atoms with Crippen LogP contribution in [0.1, 0.15) is 31.0 Å². The minimum absolute atomic E-state index is 0.0949. The lowest BCUT2D eigenvalue weighted by molar-refractivity contribution is 0.238. The summed E-state index contributed by atoms with van der Waals surface area (Å²) in [7, 11) is 0. The summed E-state index contributed by atoms with van der Waals surface area (Å²) in [5, 5.41) is 0. The van der Waals surface area contributed by atoms with Gasteiger partial charge >= 0.3 is 0 Å². The Morgan fingerprint density at radius 1 is 1.10 bits per heavy atom. The van der Waals surface area contributed by atoms with E-state index < -0.39 is 0 Å². The lowest BCUT2D eigenvalue weighted by Crippen LogP contribution is -2.16. The molecule has 1 unspecified atom stereocenters. The Kier molecular flexibility index (Phi) is 4.74. The topological polar surface area (TPSA) is 35.2 Å². The molecule has 0 aliphatic rings. The van der Waals surface area contributed by atoms with E-state index in [1.165, 1.54) is 12.1 Å². The van der Waals surface area contributed by atoms with Gasteiger partial charge in [0.2, 0.25) is 0 Å². The van der Waals surface area contributed by atoms with Crippen molar-refractivity contribution in [2.45, 2.75) is 32.4 Å². The number of halogens is 1. The van der Waals surface area contributed by atoms with Crippen LogP contribution in [0.2, 0.25) is 0 Å². The molecular formula is C17H20FNO. The van der Waals surface area contributed by atoms with Crippen LogP contribution in [-0.4, -0.2) is 6.10 Å². The maximum absolute atomic E-state index is 13.2. The van der Waals surface area contributed by atoms with Crippen LogP contribution < -0.4 is 10.5 Å². The predicted octanol–water partition coefficient (Wildman–Crippen LogP) is 3.86. The number of benzene rings is 2. The number of para-hydroxylation sites is 1. The summed E-state index contributed by atoms with van der Waals surface area (Å²) in [5.41, 5.74) is 8.09. The minimum Gasteiger partial charge on any atom is -0.491 e. The van der Waals surface area contributed by atoms with Gasteiger partial charge in [0.1, 0.15) is 11.6 Å². The van der Waals surface area contributed by atoms with E-state index in [2.05, 4.69) is 0 Å². The van der Waals surface area contributed by atoms with Gasteiger partial charge in [0.15, 0.2) is 0 Å². The Bertz CT molecular complexity index is 568. The maximum atomic E-state index is 13.2. The molecule has 2 N–H and O–H groups in total. The lowest BCUT2D eigenvalue weighted by Gasteiger charge is -2.18. The first kappa shape index (κ1) is 14.5. The van der Waals surface area contributed by atoms with Crippen LogP contribution in [0, 0.1) is 5.82 Å². The van der Waals surface area contributed by atoms with Gasteiger partial charge in [-0.2, -0.15) is 0 Å². The predicted molar refractivity (Wildman–Crippen MR) is 79.2 cm³/mol. The number of hydrogen-bond acceptors (Lipinski definition) is 2. The molecule has 3 heteroatoms. The van der Waals surface area contributed by atoms with Crippen LogP contribution in [0.3, 0.4) is 0 Å². The van der Waals surface area contributed by atoms with E-state index in [9.17, 15) is 4.39 Å². The van der Waals surface area contributed by atoms with E-state index in [0.717, 1.165) is 16.9 Å². The molecule has 0 spiro atoms. The third-order valence-electron chi connectivity index (χ3n) is 3.03. The second-order valence-corrected chi connectivity index (χ2v) is 5.14. The number of ether oxygens (including phenoxy) is 1. The summed E-state index contributed by atoms with van der Waals surface area (Å²) in [5.74, 6) is 0.563. The maximum Gasteiger partial charge on any atom is 0.124 e. The molecule has 0 heterocycles. The molecule has 0 aromatic heterocycles. The van der Waals surface area contributed by atoms with Gasteiger partial charge in [-0.1, -0.05) is 30.3 Å². The van der Waals surface area contributed by atoms with Crippen LogP contribution in [-0.2, 0) is 6.42 Å². The van der Waals surface area contributed by atoms with Crippen molar-refractivity contribution in [3.05, 3.63) is 65.5 Å². The highest BCUT2D eigenvalue weighted by Gasteiger charge is 2.13. The van der Waals surface area contributed by atoms with Crippen molar-refractivity contribution < 1.29 is 9.13 Å². The first-order valence-electron chi connectivity index (χ1n) is 6.82.